The molecule has 1 aliphatic carbocycles. The van der Waals surface area contributed by atoms with Crippen LogP contribution in [0.15, 0.2) is 35.4 Å². The summed E-state index contributed by atoms with van der Waals surface area (Å²) < 4.78 is 27.5. The molecule has 2 aromatic heterocycles. The van der Waals surface area contributed by atoms with Crippen molar-refractivity contribution in [1.29, 1.82) is 4.78 Å². The minimum atomic E-state index is -3.05. The molecule has 1 atom stereocenters. The fraction of sp³-hybridized carbons (Fsp3) is 0.500. The van der Waals surface area contributed by atoms with Gasteiger partial charge >= 0.3 is 6.09 Å². The number of rotatable bonds is 8. The maximum atomic E-state index is 13.5. The largest absolute Gasteiger partial charge is 0.447 e. The van der Waals surface area contributed by atoms with Crippen LogP contribution in [0.1, 0.15) is 70.0 Å². The summed E-state index contributed by atoms with van der Waals surface area (Å²) in [7, 11) is -3.05. The Bertz CT molecular complexity index is 1340. The fourth-order valence-electron chi connectivity index (χ4n) is 4.44. The zero-order chi connectivity index (χ0) is 26.7. The molecule has 1 fully saturated rings. The minimum Gasteiger partial charge on any atom is -0.447 e. The number of thiazole rings is 1. The average molecular weight is 545 g/mol. The van der Waals surface area contributed by atoms with Crippen molar-refractivity contribution < 1.29 is 13.7 Å². The topological polar surface area (TPSA) is 133 Å². The first-order valence-electron chi connectivity index (χ1n) is 12.7. The predicted molar refractivity (Wildman–Crippen MR) is 148 cm³/mol. The number of amides is 1. The number of alkyl carbamates (subject to hydrolysis) is 1. The van der Waals surface area contributed by atoms with Gasteiger partial charge in [-0.05, 0) is 72.4 Å². The number of H-pyrrole nitrogens is 1. The van der Waals surface area contributed by atoms with E-state index in [2.05, 4.69) is 20.8 Å². The summed E-state index contributed by atoms with van der Waals surface area (Å²) in [5.74, 6) is 0.982. The number of aryl methyl sites for hydroxylation is 1. The molecular weight excluding hydrogens is 508 g/mol. The summed E-state index contributed by atoms with van der Waals surface area (Å²) in [5.41, 5.74) is 2.45. The Hall–Kier alpha value is -2.92. The van der Waals surface area contributed by atoms with Crippen LogP contribution in [0.2, 0.25) is 0 Å². The van der Waals surface area contributed by atoms with E-state index >= 15 is 0 Å². The number of aromatic amines is 1. The first-order valence-corrected chi connectivity index (χ1v) is 15.1. The number of nitrogens with zero attached hydrogens (tertiary/aromatic N) is 2. The second kappa shape index (κ2) is 11.2. The van der Waals surface area contributed by atoms with Gasteiger partial charge in [-0.2, -0.15) is 5.10 Å². The molecule has 3 aromatic rings. The predicted octanol–water partition coefficient (Wildman–Crippen LogP) is 6.56. The van der Waals surface area contributed by atoms with Crippen molar-refractivity contribution in [3.8, 4) is 10.4 Å². The molecule has 9 nitrogen and oxygen atoms in total. The normalized spacial score (nSPS) is 19.5. The summed E-state index contributed by atoms with van der Waals surface area (Å²) in [5, 5.41) is 14.0. The van der Waals surface area contributed by atoms with Gasteiger partial charge in [-0.15, -0.1) is 11.3 Å². The highest BCUT2D eigenvalue weighted by Gasteiger charge is 2.27. The molecule has 0 radical (unpaired) electrons. The summed E-state index contributed by atoms with van der Waals surface area (Å²) in [4.78, 5) is 18.1. The summed E-state index contributed by atoms with van der Waals surface area (Å²) in [6, 6.07) is 7.66. The van der Waals surface area contributed by atoms with Gasteiger partial charge in [-0.3, -0.25) is 5.10 Å². The number of carbonyl (C=O) groups is 1. The maximum Gasteiger partial charge on any atom is 0.407 e. The van der Waals surface area contributed by atoms with E-state index in [4.69, 9.17) is 14.5 Å². The van der Waals surface area contributed by atoms with Crippen LogP contribution in [0.4, 0.5) is 16.3 Å². The molecule has 0 aliphatic heterocycles. The second-order valence-corrected chi connectivity index (χ2v) is 13.8. The first-order chi connectivity index (χ1) is 17.5. The number of anilines is 2. The highest BCUT2D eigenvalue weighted by molar-refractivity contribution is 7.93. The van der Waals surface area contributed by atoms with E-state index in [9.17, 15) is 9.00 Å². The third kappa shape index (κ3) is 6.51. The maximum absolute atomic E-state index is 13.5. The first kappa shape index (κ1) is 27.1. The molecule has 1 aliphatic rings. The molecule has 4 N–H and O–H groups in total. The highest BCUT2D eigenvalue weighted by Crippen LogP contribution is 2.40. The minimum absolute atomic E-state index is 0.117. The molecule has 0 spiro atoms. The Morgan fingerprint density at radius 1 is 1.19 bits per heavy atom. The van der Waals surface area contributed by atoms with Crippen LogP contribution < -0.4 is 10.6 Å². The molecule has 2 heterocycles. The van der Waals surface area contributed by atoms with E-state index in [-0.39, 0.29) is 23.5 Å². The second-order valence-electron chi connectivity index (χ2n) is 10.1. The lowest BCUT2D eigenvalue weighted by Gasteiger charge is -2.28. The van der Waals surface area contributed by atoms with Crippen molar-refractivity contribution in [1.82, 2.24) is 20.5 Å². The molecule has 11 heteroatoms. The van der Waals surface area contributed by atoms with Gasteiger partial charge in [0.05, 0.1) is 30.6 Å². The van der Waals surface area contributed by atoms with Crippen molar-refractivity contribution in [2.45, 2.75) is 88.5 Å². The van der Waals surface area contributed by atoms with Crippen molar-refractivity contribution in [3.63, 3.8) is 0 Å². The summed E-state index contributed by atoms with van der Waals surface area (Å²) in [6.45, 7) is 9.24. The van der Waals surface area contributed by atoms with Gasteiger partial charge < -0.3 is 15.4 Å². The van der Waals surface area contributed by atoms with E-state index in [1.165, 1.54) is 0 Å². The molecule has 37 heavy (non-hydrogen) atoms. The number of benzene rings is 1. The van der Waals surface area contributed by atoms with Gasteiger partial charge in [0.1, 0.15) is 0 Å². The van der Waals surface area contributed by atoms with Crippen LogP contribution >= 0.6 is 11.3 Å². The van der Waals surface area contributed by atoms with Crippen molar-refractivity contribution in [3.05, 3.63) is 41.2 Å². The zero-order valence-corrected chi connectivity index (χ0v) is 23.6. The Kier molecular flexibility index (Phi) is 8.23. The molecule has 1 saturated carbocycles. The van der Waals surface area contributed by atoms with Gasteiger partial charge in [-0.25, -0.2) is 18.8 Å². The summed E-state index contributed by atoms with van der Waals surface area (Å²) in [6.07, 6.45) is 4.95. The van der Waals surface area contributed by atoms with Crippen molar-refractivity contribution in [2.75, 3.05) is 5.32 Å². The smallest absolute Gasteiger partial charge is 0.407 e. The molecular formula is C26H36N6O3S2. The van der Waals surface area contributed by atoms with Gasteiger partial charge in [0.25, 0.3) is 0 Å². The van der Waals surface area contributed by atoms with E-state index < -0.39 is 9.73 Å². The van der Waals surface area contributed by atoms with E-state index in [1.807, 2.05) is 59.0 Å². The Labute approximate surface area is 222 Å². The molecule has 0 saturated heterocycles. The number of aromatic nitrogens is 3. The Morgan fingerprint density at radius 3 is 2.54 bits per heavy atom. The van der Waals surface area contributed by atoms with E-state index in [1.54, 1.807) is 17.4 Å². The van der Waals surface area contributed by atoms with Gasteiger partial charge in [0.2, 0.25) is 0 Å². The molecule has 0 bridgehead atoms. The monoisotopic (exact) mass is 544 g/mol. The quantitative estimate of drug-likeness (QED) is 0.254. The van der Waals surface area contributed by atoms with Gasteiger partial charge in [0, 0.05) is 46.4 Å². The fourth-order valence-corrected chi connectivity index (χ4v) is 6.94. The SMILES string of the molecule is Cc1cc(Nc2ccc(-c3cnc(C4CCC(NC(=O)OC(C)C)CC4)s3)c(S(=N)(=O)C(C)C)c2)n[nH]1. The molecule has 200 valence electrons. The lowest BCUT2D eigenvalue weighted by atomic mass is 9.86. The van der Waals surface area contributed by atoms with Crippen LogP contribution in [-0.2, 0) is 14.5 Å². The molecule has 1 amide bonds. The van der Waals surface area contributed by atoms with Crippen LogP contribution in [0.3, 0.4) is 0 Å². The van der Waals surface area contributed by atoms with Crippen LogP contribution in [0.25, 0.3) is 10.4 Å². The van der Waals surface area contributed by atoms with Gasteiger partial charge in [0.15, 0.2) is 5.82 Å². The highest BCUT2D eigenvalue weighted by atomic mass is 32.2. The Balaban J connectivity index is 1.53. The molecule has 4 rings (SSSR count). The van der Waals surface area contributed by atoms with E-state index in [0.717, 1.165) is 52.5 Å². The standard InChI is InChI=1S/C26H36N6O3S2/c1-15(2)35-26(33)30-19-8-6-18(7-9-19)25-28-14-22(36-25)21-11-10-20(29-24-12-17(5)31-32-24)13-23(21)37(27,34)16(3)4/h10-16,18-19,27H,6-9H2,1-5H3,(H,30,33)(H2,29,31,32). The van der Waals surface area contributed by atoms with Crippen LogP contribution in [-0.4, -0.2) is 42.9 Å². The number of ether oxygens (including phenoxy) is 1. The van der Waals surface area contributed by atoms with Crippen molar-refractivity contribution >= 4 is 38.7 Å². The van der Waals surface area contributed by atoms with Crippen molar-refractivity contribution in [2.24, 2.45) is 0 Å². The number of hydrogen-bond acceptors (Lipinski definition) is 8. The zero-order valence-electron chi connectivity index (χ0n) is 22.0. The van der Waals surface area contributed by atoms with Gasteiger partial charge in [-0.1, -0.05) is 6.07 Å². The number of nitrogens with one attached hydrogen (secondary N) is 4. The summed E-state index contributed by atoms with van der Waals surface area (Å²) >= 11 is 1.60. The number of carbonyl (C=O) groups excluding carboxylic acids is 1. The Morgan fingerprint density at radius 2 is 1.92 bits per heavy atom. The lowest BCUT2D eigenvalue weighted by molar-refractivity contribution is 0.109. The number of hydrogen-bond donors (Lipinski definition) is 4. The van der Waals surface area contributed by atoms with E-state index in [0.29, 0.717) is 16.6 Å². The third-order valence-corrected chi connectivity index (χ3v) is 9.99. The van der Waals surface area contributed by atoms with Crippen LogP contribution in [0.5, 0.6) is 0 Å². The van der Waals surface area contributed by atoms with Crippen LogP contribution in [0, 0.1) is 11.7 Å². The molecule has 1 unspecified atom stereocenters. The average Bonchev–Trinajstić information content (AvgIpc) is 3.48. The lowest BCUT2D eigenvalue weighted by Crippen LogP contribution is -2.38. The molecule has 1 aromatic carbocycles. The third-order valence-electron chi connectivity index (χ3n) is 6.48.